The quantitative estimate of drug-likeness (QED) is 0.0423. The predicted molar refractivity (Wildman–Crippen MR) is 262 cm³/mol. The molecular formula is C55H103NO3. The Morgan fingerprint density at radius 3 is 0.983 bits per heavy atom. The Bertz CT molecular complexity index is 939. The summed E-state index contributed by atoms with van der Waals surface area (Å²) in [4.78, 5) is 12.4. The van der Waals surface area contributed by atoms with Crippen molar-refractivity contribution in [2.45, 2.75) is 289 Å². The fourth-order valence-corrected chi connectivity index (χ4v) is 7.97. The fraction of sp³-hybridized carbons (Fsp3) is 0.836. The second-order valence-corrected chi connectivity index (χ2v) is 17.9. The Labute approximate surface area is 369 Å². The molecule has 2 atom stereocenters. The van der Waals surface area contributed by atoms with Crippen molar-refractivity contribution in [1.29, 1.82) is 0 Å². The molecule has 0 rings (SSSR count). The number of allylic oxidation sites excluding steroid dienone is 7. The second kappa shape index (κ2) is 50.7. The van der Waals surface area contributed by atoms with Gasteiger partial charge in [-0.15, -0.1) is 0 Å². The van der Waals surface area contributed by atoms with E-state index in [0.29, 0.717) is 6.42 Å². The summed E-state index contributed by atoms with van der Waals surface area (Å²) in [5, 5.41) is 23.1. The number of aliphatic hydroxyl groups excluding tert-OH is 2. The molecule has 0 spiro atoms. The largest absolute Gasteiger partial charge is 0.394 e. The minimum absolute atomic E-state index is 0.0803. The summed E-state index contributed by atoms with van der Waals surface area (Å²) in [6, 6.07) is -0.649. The van der Waals surface area contributed by atoms with Crippen LogP contribution in [0.4, 0.5) is 0 Å². The molecule has 4 heteroatoms. The van der Waals surface area contributed by atoms with Gasteiger partial charge in [-0.3, -0.25) is 4.79 Å². The minimum Gasteiger partial charge on any atom is -0.394 e. The lowest BCUT2D eigenvalue weighted by Crippen LogP contribution is -2.45. The molecule has 0 heterocycles. The maximum Gasteiger partial charge on any atom is 0.220 e. The van der Waals surface area contributed by atoms with E-state index in [-0.39, 0.29) is 12.5 Å². The summed E-state index contributed by atoms with van der Waals surface area (Å²) in [6.07, 6.45) is 69.7. The van der Waals surface area contributed by atoms with E-state index in [4.69, 9.17) is 0 Å². The molecule has 0 aliphatic heterocycles. The second-order valence-electron chi connectivity index (χ2n) is 17.9. The van der Waals surface area contributed by atoms with Crippen molar-refractivity contribution in [2.75, 3.05) is 6.61 Å². The Kier molecular flexibility index (Phi) is 49.3. The van der Waals surface area contributed by atoms with Crippen molar-refractivity contribution in [2.24, 2.45) is 0 Å². The zero-order valence-corrected chi connectivity index (χ0v) is 39.8. The molecule has 3 N–H and O–H groups in total. The smallest absolute Gasteiger partial charge is 0.220 e. The first-order valence-electron chi connectivity index (χ1n) is 26.4. The molecule has 0 aromatic carbocycles. The summed E-state index contributed by atoms with van der Waals surface area (Å²) in [6.45, 7) is 4.32. The monoisotopic (exact) mass is 826 g/mol. The Morgan fingerprint density at radius 1 is 0.390 bits per heavy atom. The average molecular weight is 826 g/mol. The van der Waals surface area contributed by atoms with Gasteiger partial charge >= 0.3 is 0 Å². The lowest BCUT2D eigenvalue weighted by Gasteiger charge is -2.19. The predicted octanol–water partition coefficient (Wildman–Crippen LogP) is 17.1. The molecule has 2 unspecified atom stereocenters. The third-order valence-corrected chi connectivity index (χ3v) is 12.0. The summed E-state index contributed by atoms with van der Waals surface area (Å²) in [5.74, 6) is -0.0803. The van der Waals surface area contributed by atoms with Gasteiger partial charge in [-0.2, -0.15) is 0 Å². The highest BCUT2D eigenvalue weighted by atomic mass is 16.3. The molecule has 0 bridgehead atoms. The van der Waals surface area contributed by atoms with Crippen LogP contribution in [0.5, 0.6) is 0 Å². The van der Waals surface area contributed by atoms with Crippen LogP contribution < -0.4 is 5.32 Å². The van der Waals surface area contributed by atoms with Crippen LogP contribution in [0.15, 0.2) is 48.6 Å². The molecule has 0 aliphatic carbocycles. The van der Waals surface area contributed by atoms with E-state index in [9.17, 15) is 15.0 Å². The maximum absolute atomic E-state index is 12.4. The highest BCUT2D eigenvalue weighted by Gasteiger charge is 2.17. The van der Waals surface area contributed by atoms with Gasteiger partial charge in [0.15, 0.2) is 0 Å². The van der Waals surface area contributed by atoms with Gasteiger partial charge in [0.05, 0.1) is 18.8 Å². The van der Waals surface area contributed by atoms with E-state index < -0.39 is 12.1 Å². The molecule has 346 valence electrons. The summed E-state index contributed by atoms with van der Waals surface area (Å²) < 4.78 is 0. The number of unbranched alkanes of at least 4 members (excludes halogenated alkanes) is 35. The van der Waals surface area contributed by atoms with Gasteiger partial charge in [0, 0.05) is 6.42 Å². The maximum atomic E-state index is 12.4. The van der Waals surface area contributed by atoms with Crippen molar-refractivity contribution < 1.29 is 15.0 Å². The Balaban J connectivity index is 3.59. The number of carbonyl (C=O) groups excluding carboxylic acids is 1. The van der Waals surface area contributed by atoms with Gasteiger partial charge in [-0.25, -0.2) is 0 Å². The van der Waals surface area contributed by atoms with Crippen molar-refractivity contribution >= 4 is 5.91 Å². The van der Waals surface area contributed by atoms with Crippen molar-refractivity contribution in [3.63, 3.8) is 0 Å². The van der Waals surface area contributed by atoms with Crippen LogP contribution in [0.3, 0.4) is 0 Å². The molecule has 0 aliphatic rings. The first-order valence-corrected chi connectivity index (χ1v) is 26.4. The molecular weight excluding hydrogens is 723 g/mol. The van der Waals surface area contributed by atoms with Gasteiger partial charge in [0.25, 0.3) is 0 Å². The van der Waals surface area contributed by atoms with Crippen LogP contribution in [-0.4, -0.2) is 34.9 Å². The number of amides is 1. The molecule has 1 amide bonds. The first kappa shape index (κ1) is 57.3. The highest BCUT2D eigenvalue weighted by Crippen LogP contribution is 2.16. The van der Waals surface area contributed by atoms with E-state index >= 15 is 0 Å². The Hall–Kier alpha value is -1.65. The first-order chi connectivity index (χ1) is 29.2. The van der Waals surface area contributed by atoms with Crippen LogP contribution in [-0.2, 0) is 4.79 Å². The van der Waals surface area contributed by atoms with Gasteiger partial charge < -0.3 is 15.5 Å². The topological polar surface area (TPSA) is 69.6 Å². The van der Waals surface area contributed by atoms with E-state index in [2.05, 4.69) is 55.6 Å². The molecule has 0 radical (unpaired) electrons. The summed E-state index contributed by atoms with van der Waals surface area (Å²) >= 11 is 0. The molecule has 0 aromatic heterocycles. The molecule has 4 nitrogen and oxygen atoms in total. The van der Waals surface area contributed by atoms with Gasteiger partial charge in [0.2, 0.25) is 5.91 Å². The molecule has 0 saturated carbocycles. The van der Waals surface area contributed by atoms with E-state index in [1.54, 1.807) is 6.08 Å². The number of hydrogen-bond acceptors (Lipinski definition) is 3. The van der Waals surface area contributed by atoms with Crippen LogP contribution in [0, 0.1) is 0 Å². The van der Waals surface area contributed by atoms with E-state index in [0.717, 1.165) is 38.5 Å². The van der Waals surface area contributed by atoms with E-state index in [1.807, 2.05) is 6.08 Å². The van der Waals surface area contributed by atoms with E-state index in [1.165, 1.54) is 218 Å². The van der Waals surface area contributed by atoms with Gasteiger partial charge in [-0.1, -0.05) is 249 Å². The number of aliphatic hydroxyl groups is 2. The third-order valence-electron chi connectivity index (χ3n) is 12.0. The van der Waals surface area contributed by atoms with Gasteiger partial charge in [-0.05, 0) is 70.6 Å². The minimum atomic E-state index is -0.873. The van der Waals surface area contributed by atoms with Crippen molar-refractivity contribution in [1.82, 2.24) is 5.32 Å². The van der Waals surface area contributed by atoms with Crippen LogP contribution in [0.1, 0.15) is 277 Å². The molecule has 0 fully saturated rings. The van der Waals surface area contributed by atoms with Crippen molar-refractivity contribution in [3.05, 3.63) is 48.6 Å². The zero-order valence-electron chi connectivity index (χ0n) is 39.8. The van der Waals surface area contributed by atoms with Crippen LogP contribution >= 0.6 is 0 Å². The molecule has 59 heavy (non-hydrogen) atoms. The van der Waals surface area contributed by atoms with Crippen LogP contribution in [0.2, 0.25) is 0 Å². The SMILES string of the molecule is CCCCCCCCCCCCC/C=C\CCCCCCCCCC(=O)NC(CO)C(O)/C=C/CC/C=C/CC/C=C/CCCCCCCCCCCCCCCCC. The fourth-order valence-electron chi connectivity index (χ4n) is 7.97. The third kappa shape index (κ3) is 47.3. The molecule has 0 aromatic rings. The standard InChI is InChI=1S/C55H103NO3/c1-3-5-7-9-11-13-15-17-19-21-23-25-27-28-29-30-32-34-36-38-40-42-44-46-48-50-54(58)53(52-57)56-55(59)51-49-47-45-43-41-39-37-35-33-31-26-24-22-20-18-16-14-12-10-8-6-4-2/h31-34,40,42,48,50,53-54,57-58H,3-30,35-39,41,43-47,49,51-52H2,1-2H3,(H,56,59)/b33-31-,34-32+,42-40+,50-48+. The highest BCUT2D eigenvalue weighted by molar-refractivity contribution is 5.76. The average Bonchev–Trinajstić information content (AvgIpc) is 3.24. The van der Waals surface area contributed by atoms with Gasteiger partial charge in [0.1, 0.15) is 0 Å². The lowest BCUT2D eigenvalue weighted by molar-refractivity contribution is -0.123. The molecule has 0 saturated heterocycles. The summed E-state index contributed by atoms with van der Waals surface area (Å²) in [5.41, 5.74) is 0. The number of carbonyl (C=O) groups is 1. The summed E-state index contributed by atoms with van der Waals surface area (Å²) in [7, 11) is 0. The lowest BCUT2D eigenvalue weighted by atomic mass is 10.0. The number of nitrogens with one attached hydrogen (secondary N) is 1. The van der Waals surface area contributed by atoms with Crippen molar-refractivity contribution in [3.8, 4) is 0 Å². The number of hydrogen-bond donors (Lipinski definition) is 3. The number of rotatable bonds is 48. The zero-order chi connectivity index (χ0) is 42.8. The van der Waals surface area contributed by atoms with Crippen LogP contribution in [0.25, 0.3) is 0 Å². The Morgan fingerprint density at radius 2 is 0.661 bits per heavy atom. The normalized spacial score (nSPS) is 13.2.